The Morgan fingerprint density at radius 3 is 1.50 bits per heavy atom. The minimum atomic E-state index is -1.61. The van der Waals surface area contributed by atoms with E-state index >= 15 is 0 Å². The largest absolute Gasteiger partial charge is 0.505 e. The number of phenolic OH excluding ortho intramolecular Hbond substituents is 1. The van der Waals surface area contributed by atoms with E-state index in [1.807, 2.05) is 19.6 Å². The van der Waals surface area contributed by atoms with Crippen LogP contribution in [-0.4, -0.2) is 18.2 Å². The van der Waals surface area contributed by atoms with Crippen LogP contribution in [0.15, 0.2) is 12.1 Å². The molecule has 0 aliphatic heterocycles. The summed E-state index contributed by atoms with van der Waals surface area (Å²) in [6.45, 7) is 5.65. The average Bonchev–Trinajstić information content (AvgIpc) is 1.96. The Balaban J connectivity index is 0. The average molecular weight is 353 g/mol. The number of aromatic hydroxyl groups is 1. The van der Waals surface area contributed by atoms with E-state index in [0.29, 0.717) is 5.02 Å². The van der Waals surface area contributed by atoms with Crippen LogP contribution in [0, 0.1) is 0 Å². The Morgan fingerprint density at radius 1 is 1.00 bits per heavy atom. The Kier molecular flexibility index (Phi) is 9.41. The predicted molar refractivity (Wildman–Crippen MR) is 68.7 cm³/mol. The Hall–Kier alpha value is 0.690. The van der Waals surface area contributed by atoms with Gasteiger partial charge < -0.3 is 9.90 Å². The molecule has 1 rings (SSSR count). The fourth-order valence-corrected chi connectivity index (χ4v) is 1.35. The predicted octanol–water partition coefficient (Wildman–Crippen LogP) is 4.16. The van der Waals surface area contributed by atoms with Gasteiger partial charge in [0.1, 0.15) is 0 Å². The topological polar surface area (TPSA) is 40.5 Å². The molecule has 1 aromatic rings. The molecule has 16 heavy (non-hydrogen) atoms. The summed E-state index contributed by atoms with van der Waals surface area (Å²) in [4.78, 5) is 8.66. The third-order valence-electron chi connectivity index (χ3n) is 0.982. The van der Waals surface area contributed by atoms with Gasteiger partial charge in [-0.25, -0.2) is 0 Å². The van der Waals surface area contributed by atoms with Crippen LogP contribution in [0.4, 0.5) is 0 Å². The summed E-state index contributed by atoms with van der Waals surface area (Å²) >= 11 is 16.5. The van der Waals surface area contributed by atoms with Gasteiger partial charge in [0.15, 0.2) is 14.1 Å². The number of hydrogen-bond donors (Lipinski definition) is 2. The molecule has 0 aliphatic rings. The van der Waals surface area contributed by atoms with Crippen LogP contribution in [0.25, 0.3) is 0 Å². The first-order chi connectivity index (χ1) is 6.61. The SMILES string of the molecule is C[Si](C)(C)O.Oc1c(Cl)cc(Cl)cc1Cl.[Zn]. The second-order valence-corrected chi connectivity index (χ2v) is 9.48. The standard InChI is InChI=1S/C6H3Cl3O.C3H10OSi.Zn/c7-3-1-4(8)6(10)5(9)2-3;1-5(2,3)4;/h1-2,10H;4H,1-3H3;. The van der Waals surface area contributed by atoms with Gasteiger partial charge in [0, 0.05) is 24.5 Å². The zero-order valence-electron chi connectivity index (χ0n) is 9.39. The molecule has 0 spiro atoms. The van der Waals surface area contributed by atoms with Gasteiger partial charge >= 0.3 is 0 Å². The van der Waals surface area contributed by atoms with Gasteiger partial charge in [-0.2, -0.15) is 0 Å². The molecule has 0 bridgehead atoms. The molecular weight excluding hydrogens is 340 g/mol. The molecule has 0 fully saturated rings. The summed E-state index contributed by atoms with van der Waals surface area (Å²) in [7, 11) is -1.61. The summed E-state index contributed by atoms with van der Waals surface area (Å²) in [6, 6.07) is 2.84. The molecule has 0 saturated carbocycles. The Labute approximate surface area is 124 Å². The van der Waals surface area contributed by atoms with Crippen LogP contribution in [-0.2, 0) is 19.5 Å². The van der Waals surface area contributed by atoms with E-state index in [1.165, 1.54) is 12.1 Å². The molecule has 7 heteroatoms. The van der Waals surface area contributed by atoms with E-state index in [2.05, 4.69) is 0 Å². The van der Waals surface area contributed by atoms with Crippen molar-refractivity contribution in [3.63, 3.8) is 0 Å². The zero-order valence-corrected chi connectivity index (χ0v) is 15.6. The molecule has 88 valence electrons. The second kappa shape index (κ2) is 7.91. The van der Waals surface area contributed by atoms with Crippen molar-refractivity contribution < 1.29 is 29.4 Å². The van der Waals surface area contributed by atoms with Gasteiger partial charge in [0.2, 0.25) is 0 Å². The minimum absolute atomic E-state index is 0. The first kappa shape index (κ1) is 19.0. The van der Waals surface area contributed by atoms with Crippen LogP contribution < -0.4 is 0 Å². The first-order valence-electron chi connectivity index (χ1n) is 4.17. The van der Waals surface area contributed by atoms with Crippen LogP contribution in [0.5, 0.6) is 5.75 Å². The maximum Gasteiger partial charge on any atom is 0.179 e. The molecule has 1 aromatic carbocycles. The minimum Gasteiger partial charge on any atom is -0.505 e. The molecule has 0 aromatic heterocycles. The second-order valence-electron chi connectivity index (χ2n) is 3.89. The van der Waals surface area contributed by atoms with E-state index in [-0.39, 0.29) is 35.3 Å². The van der Waals surface area contributed by atoms with E-state index in [0.717, 1.165) is 0 Å². The summed E-state index contributed by atoms with van der Waals surface area (Å²) < 4.78 is 0. The number of phenols is 1. The van der Waals surface area contributed by atoms with Gasteiger partial charge in [-0.3, -0.25) is 0 Å². The summed E-state index contributed by atoms with van der Waals surface area (Å²) in [5.74, 6) is -0.132. The monoisotopic (exact) mass is 350 g/mol. The fraction of sp³-hybridized carbons (Fsp3) is 0.333. The molecule has 0 saturated heterocycles. The van der Waals surface area contributed by atoms with Crippen molar-refractivity contribution in [2.75, 3.05) is 0 Å². The van der Waals surface area contributed by atoms with Crippen molar-refractivity contribution in [2.24, 2.45) is 0 Å². The quantitative estimate of drug-likeness (QED) is 0.688. The molecule has 2 nitrogen and oxygen atoms in total. The zero-order chi connectivity index (χ0) is 12.2. The van der Waals surface area contributed by atoms with Gasteiger partial charge in [0.05, 0.1) is 10.0 Å². The maximum atomic E-state index is 9.01. The van der Waals surface area contributed by atoms with Crippen molar-refractivity contribution in [1.82, 2.24) is 0 Å². The van der Waals surface area contributed by atoms with E-state index < -0.39 is 8.32 Å². The van der Waals surface area contributed by atoms with Gasteiger partial charge in [-0.15, -0.1) is 0 Å². The molecule has 0 aliphatic carbocycles. The molecule has 0 amide bonds. The van der Waals surface area contributed by atoms with Crippen LogP contribution in [0.2, 0.25) is 34.7 Å². The van der Waals surface area contributed by atoms with E-state index in [1.54, 1.807) is 0 Å². The Bertz CT molecular complexity index is 313. The van der Waals surface area contributed by atoms with Crippen molar-refractivity contribution >= 4 is 43.1 Å². The molecular formula is C9H13Cl3O2SiZn. The molecule has 0 heterocycles. The van der Waals surface area contributed by atoms with Crippen LogP contribution in [0.1, 0.15) is 0 Å². The summed E-state index contributed by atoms with van der Waals surface area (Å²) in [5.41, 5.74) is 0. The fourth-order valence-electron chi connectivity index (χ4n) is 0.535. The molecule has 2 N–H and O–H groups in total. The summed E-state index contributed by atoms with van der Waals surface area (Å²) in [5, 5.41) is 9.75. The molecule has 0 unspecified atom stereocenters. The number of halogens is 3. The van der Waals surface area contributed by atoms with Crippen molar-refractivity contribution in [2.45, 2.75) is 19.6 Å². The van der Waals surface area contributed by atoms with Crippen LogP contribution >= 0.6 is 34.8 Å². The third-order valence-corrected chi connectivity index (χ3v) is 1.78. The van der Waals surface area contributed by atoms with Gasteiger partial charge in [-0.1, -0.05) is 34.8 Å². The first-order valence-corrected chi connectivity index (χ1v) is 8.75. The van der Waals surface area contributed by atoms with E-state index in [4.69, 9.17) is 44.7 Å². The van der Waals surface area contributed by atoms with E-state index in [9.17, 15) is 0 Å². The Morgan fingerprint density at radius 2 is 1.25 bits per heavy atom. The smallest absolute Gasteiger partial charge is 0.179 e. The number of rotatable bonds is 0. The van der Waals surface area contributed by atoms with Crippen molar-refractivity contribution in [1.29, 1.82) is 0 Å². The third kappa shape index (κ3) is 9.88. The normalized spacial score (nSPS) is 9.94. The number of benzene rings is 1. The number of hydrogen-bond acceptors (Lipinski definition) is 2. The molecule has 0 atom stereocenters. The molecule has 0 radical (unpaired) electrons. The van der Waals surface area contributed by atoms with Gasteiger partial charge in [-0.05, 0) is 31.8 Å². The van der Waals surface area contributed by atoms with Crippen molar-refractivity contribution in [3.8, 4) is 5.75 Å². The van der Waals surface area contributed by atoms with Crippen LogP contribution in [0.3, 0.4) is 0 Å². The maximum absolute atomic E-state index is 9.01. The van der Waals surface area contributed by atoms with Crippen molar-refractivity contribution in [3.05, 3.63) is 27.2 Å². The van der Waals surface area contributed by atoms with Gasteiger partial charge in [0.25, 0.3) is 0 Å². The summed E-state index contributed by atoms with van der Waals surface area (Å²) in [6.07, 6.45) is 0.